The van der Waals surface area contributed by atoms with Gasteiger partial charge in [-0.05, 0) is 109 Å². The quantitative estimate of drug-likeness (QED) is 0.0127. The van der Waals surface area contributed by atoms with E-state index < -0.39 is 55.4 Å². The average Bonchev–Trinajstić information content (AvgIpc) is 1.68. The first-order valence-electron chi connectivity index (χ1n) is 35.5. The van der Waals surface area contributed by atoms with Gasteiger partial charge >= 0.3 is 29.8 Å². The molecule has 0 saturated carbocycles. The summed E-state index contributed by atoms with van der Waals surface area (Å²) in [7, 11) is -4.46. The van der Waals surface area contributed by atoms with Crippen LogP contribution in [-0.2, 0) is 109 Å². The second-order valence-corrected chi connectivity index (χ2v) is 55.1. The monoisotopic (exact) mass is 1740 g/mol. The van der Waals surface area contributed by atoms with Gasteiger partial charge in [0, 0.05) is 83.5 Å². The first kappa shape index (κ1) is 94.2. The van der Waals surface area contributed by atoms with Crippen molar-refractivity contribution in [3.63, 3.8) is 0 Å². The fourth-order valence-corrected chi connectivity index (χ4v) is 13.1. The zero-order valence-corrected chi connectivity index (χ0v) is 74.2. The van der Waals surface area contributed by atoms with Crippen molar-refractivity contribution in [3.05, 3.63) is 85.1 Å². The summed E-state index contributed by atoms with van der Waals surface area (Å²) >= 11 is 12.9. The van der Waals surface area contributed by atoms with Crippen molar-refractivity contribution in [3.8, 4) is 0 Å². The maximum atomic E-state index is 12.4. The van der Waals surface area contributed by atoms with Crippen molar-refractivity contribution in [2.75, 3.05) is 119 Å². The van der Waals surface area contributed by atoms with E-state index in [0.717, 1.165) is 43.1 Å². The summed E-state index contributed by atoms with van der Waals surface area (Å²) in [5.41, 5.74) is 1.49. The molecule has 0 atom stereocenters. The lowest BCUT2D eigenvalue weighted by Crippen LogP contribution is -2.51. The Hall–Kier alpha value is -5.22. The SMILES string of the molecule is CCOC(=O)c1cn(COCC[Si](C)(C)C)nc1Br.CCOC(=O)c1cn(COCC[Si](C)(C)C)nc1C1(O)COC1.CCOC(=O)c1cn(COCC[Si](C)(C)C)nc1C1(OC(=S)SC)COC1.CCOC(=O)c1cn(COCC[Si](C)(C)C)nc1C1COC1.CCOC(=O)c1cn[nH]c1Br.O=C1COC1. The van der Waals surface area contributed by atoms with Gasteiger partial charge < -0.3 is 71.4 Å². The standard InChI is InChI=1S/C17H28N2O5S2Si.C15H26N2O5Si.C15H26N2O4Si.C12H21BrN2O3Si.C6H7BrN2O2.C3H4O2/c1-6-23-15(20)13-9-19(12-21-7-8-27(3,4)5)18-14(13)17(10-22-11-17)24-16(25)26-2;1-5-22-14(18)12-8-17(11-20-6-7-23(2,3)4)16-13(12)15(19)9-21-10-15;1-5-21-15(18)13-8-17(11-19-6-7-22(2,3)4)16-14(13)12-9-20-10-12;1-5-18-12(16)10-8-15(14-11(10)13)9-17-6-7-19(2,3)4;1-2-11-6(10)4-3-8-9-5(4)7;4-3-1-5-2-3/h9H,6-8,10-12H2,1-5H3;8,19H,5-7,9-11H2,1-4H3;8,12H,5-7,9-11H2,1-4H3;8H,5-7,9H2,1-4H3;3H,2H2,1H3,(H,8,9);1-2H2. The maximum Gasteiger partial charge on any atom is 0.342 e. The molecule has 39 heteroatoms. The van der Waals surface area contributed by atoms with Crippen LogP contribution in [-0.4, -0.2) is 245 Å². The summed E-state index contributed by atoms with van der Waals surface area (Å²) in [6.07, 6.45) is 9.83. The Balaban J connectivity index is 0.000000283. The number of esters is 5. The van der Waals surface area contributed by atoms with Gasteiger partial charge in [-0.15, -0.1) is 0 Å². The number of ether oxygens (including phenoxy) is 14. The zero-order chi connectivity index (χ0) is 79.8. The number of aromatic amines is 1. The first-order valence-corrected chi connectivity index (χ1v) is 53.5. The molecule has 5 aromatic heterocycles. The number of nitrogens with one attached hydrogen (secondary N) is 1. The molecule has 0 unspecified atom stereocenters. The van der Waals surface area contributed by atoms with Gasteiger partial charge in [0.2, 0.25) is 9.98 Å². The molecule has 107 heavy (non-hydrogen) atoms. The van der Waals surface area contributed by atoms with E-state index in [0.29, 0.717) is 120 Å². The number of halogens is 2. The second-order valence-electron chi connectivity index (χ2n) is 29.6. The number of aromatic nitrogens is 10. The van der Waals surface area contributed by atoms with Crippen molar-refractivity contribution in [1.82, 2.24) is 49.3 Å². The molecule has 0 bridgehead atoms. The highest BCUT2D eigenvalue weighted by Crippen LogP contribution is 2.37. The predicted molar refractivity (Wildman–Crippen MR) is 423 cm³/mol. The molecule has 0 amide bonds. The van der Waals surface area contributed by atoms with E-state index in [1.165, 1.54) is 22.6 Å². The molecule has 31 nitrogen and oxygen atoms in total. The van der Waals surface area contributed by atoms with Crippen LogP contribution in [0.5, 0.6) is 0 Å². The number of hydrogen-bond donors (Lipinski definition) is 2. The van der Waals surface area contributed by atoms with E-state index in [1.807, 2.05) is 6.26 Å². The lowest BCUT2D eigenvalue weighted by atomic mass is 9.94. The molecule has 2 N–H and O–H groups in total. The van der Waals surface area contributed by atoms with Crippen molar-refractivity contribution in [2.24, 2.45) is 0 Å². The van der Waals surface area contributed by atoms with Gasteiger partial charge in [-0.25, -0.2) is 42.7 Å². The second kappa shape index (κ2) is 45.9. The third-order valence-electron chi connectivity index (χ3n) is 15.2. The maximum absolute atomic E-state index is 12.4. The Labute approximate surface area is 658 Å². The van der Waals surface area contributed by atoms with Crippen molar-refractivity contribution >= 4 is 128 Å². The number of nitrogens with zero attached hydrogens (tertiary/aromatic N) is 9. The Morgan fingerprint density at radius 2 is 0.888 bits per heavy atom. The molecule has 602 valence electrons. The third kappa shape index (κ3) is 33.7. The summed E-state index contributed by atoms with van der Waals surface area (Å²) in [4.78, 5) is 68.9. The van der Waals surface area contributed by atoms with Gasteiger partial charge in [-0.2, -0.15) is 25.5 Å². The minimum absolute atomic E-state index is 0.132. The summed E-state index contributed by atoms with van der Waals surface area (Å²) in [6, 6.07) is 4.35. The van der Waals surface area contributed by atoms with Crippen molar-refractivity contribution in [1.29, 1.82) is 0 Å². The normalized spacial score (nSPS) is 14.9. The van der Waals surface area contributed by atoms with E-state index in [2.05, 4.69) is 146 Å². The molecular formula is C68H112Br2N10O21S2Si4. The number of hydrogen-bond acceptors (Lipinski definition) is 28. The summed E-state index contributed by atoms with van der Waals surface area (Å²) < 4.78 is 81.5. The van der Waals surface area contributed by atoms with E-state index in [-0.39, 0.29) is 88.3 Å². The topological polar surface area (TPSA) is 352 Å². The lowest BCUT2D eigenvalue weighted by Gasteiger charge is -2.40. The number of Topliss-reactive ketones (excluding diaryl/α,β-unsaturated/α-hetero) is 1. The van der Waals surface area contributed by atoms with Gasteiger partial charge in [-0.3, -0.25) is 9.89 Å². The number of ketones is 1. The van der Waals surface area contributed by atoms with E-state index in [4.69, 9.17) is 73.8 Å². The zero-order valence-electron chi connectivity index (χ0n) is 65.4. The first-order chi connectivity index (χ1) is 50.3. The van der Waals surface area contributed by atoms with Gasteiger partial charge in [0.1, 0.15) is 88.5 Å². The summed E-state index contributed by atoms with van der Waals surface area (Å²) in [5, 5.41) is 34.2. The number of H-pyrrole nitrogens is 1. The van der Waals surface area contributed by atoms with Gasteiger partial charge in [-0.1, -0.05) is 90.3 Å². The Morgan fingerprint density at radius 3 is 1.21 bits per heavy atom. The number of thiocarbonyl (C=S) groups is 1. The fraction of sp³-hybridized carbons (Fsp3) is 0.676. The molecule has 0 aliphatic carbocycles. The van der Waals surface area contributed by atoms with Crippen molar-refractivity contribution in [2.45, 2.75) is 181 Å². The van der Waals surface area contributed by atoms with E-state index in [9.17, 15) is 33.9 Å². The molecule has 0 radical (unpaired) electrons. The number of carbonyl (C=O) groups is 6. The van der Waals surface area contributed by atoms with Gasteiger partial charge in [0.25, 0.3) is 0 Å². The van der Waals surface area contributed by atoms with Crippen LogP contribution < -0.4 is 0 Å². The van der Waals surface area contributed by atoms with Crippen LogP contribution in [0.4, 0.5) is 0 Å². The molecular weight excluding hydrogens is 1630 g/mol. The van der Waals surface area contributed by atoms with E-state index >= 15 is 0 Å². The lowest BCUT2D eigenvalue weighted by molar-refractivity contribution is -0.187. The molecule has 5 aromatic rings. The largest absolute Gasteiger partial charge is 0.462 e. The van der Waals surface area contributed by atoms with Crippen molar-refractivity contribution < 1.29 is 100 Å². The molecule has 4 aliphatic heterocycles. The molecule has 0 spiro atoms. The highest BCUT2D eigenvalue weighted by atomic mass is 79.9. The van der Waals surface area contributed by atoms with Crippen LogP contribution in [0.1, 0.15) is 109 Å². The fourth-order valence-electron chi connectivity index (χ4n) is 8.86. The molecule has 4 fully saturated rings. The molecule has 9 rings (SSSR count). The molecule has 4 aliphatic rings. The highest BCUT2D eigenvalue weighted by Gasteiger charge is 2.49. The van der Waals surface area contributed by atoms with Crippen LogP contribution in [0, 0.1) is 0 Å². The van der Waals surface area contributed by atoms with Crippen LogP contribution in [0.3, 0.4) is 0 Å². The van der Waals surface area contributed by atoms with E-state index in [1.54, 1.807) is 73.5 Å². The van der Waals surface area contributed by atoms with Crippen LogP contribution in [0.25, 0.3) is 0 Å². The highest BCUT2D eigenvalue weighted by molar-refractivity contribution is 9.10. The van der Waals surface area contributed by atoms with Crippen LogP contribution >= 0.6 is 55.8 Å². The third-order valence-corrected chi connectivity index (χ3v) is 24.2. The minimum Gasteiger partial charge on any atom is -0.462 e. The summed E-state index contributed by atoms with van der Waals surface area (Å²) in [6.45, 7) is 44.8. The Kier molecular flexibility index (Phi) is 40.4. The minimum atomic E-state index is -1.22. The van der Waals surface area contributed by atoms with Gasteiger partial charge in [0.05, 0.1) is 90.5 Å². The molecule has 4 saturated heterocycles. The number of carbonyl (C=O) groups excluding carboxylic acids is 6. The number of thioether (sulfide) groups is 1. The average molecular weight is 1740 g/mol. The molecule has 0 aromatic carbocycles. The predicted octanol–water partition coefficient (Wildman–Crippen LogP) is 11.4. The molecule has 9 heterocycles. The Bertz CT molecular complexity index is 3590. The van der Waals surface area contributed by atoms with Crippen LogP contribution in [0.15, 0.2) is 40.2 Å². The Morgan fingerprint density at radius 1 is 0.533 bits per heavy atom. The number of rotatable bonds is 34. The number of aliphatic hydroxyl groups is 1. The van der Waals surface area contributed by atoms with Crippen LogP contribution in [0.2, 0.25) is 103 Å². The smallest absolute Gasteiger partial charge is 0.342 e. The summed E-state index contributed by atoms with van der Waals surface area (Å²) in [5.74, 6) is -1.59. The van der Waals surface area contributed by atoms with Gasteiger partial charge in [0.15, 0.2) is 11.4 Å².